The fourth-order valence-corrected chi connectivity index (χ4v) is 8.33. The first-order chi connectivity index (χ1) is 17.1. The number of hydrogen-bond donors (Lipinski definition) is 2. The maximum atomic E-state index is 13.4. The second-order valence-electron chi connectivity index (χ2n) is 8.01. The van der Waals surface area contributed by atoms with Crippen molar-refractivity contribution in [2.75, 3.05) is 25.4 Å². The Morgan fingerprint density at radius 2 is 1.73 bits per heavy atom. The van der Waals surface area contributed by atoms with E-state index in [-0.39, 0.29) is 41.9 Å². The van der Waals surface area contributed by atoms with E-state index < -0.39 is 44.4 Å². The summed E-state index contributed by atoms with van der Waals surface area (Å²) in [6.45, 7) is -0.873. The fourth-order valence-electron chi connectivity index (χ4n) is 3.84. The molecule has 0 spiro atoms. The summed E-state index contributed by atoms with van der Waals surface area (Å²) in [6, 6.07) is 10.5. The zero-order valence-corrected chi connectivity index (χ0v) is 22.5. The van der Waals surface area contributed by atoms with Gasteiger partial charge in [0.1, 0.15) is 16.1 Å². The molecule has 1 aromatic carbocycles. The van der Waals surface area contributed by atoms with Crippen LogP contribution in [0.25, 0.3) is 10.4 Å². The number of amides is 1. The van der Waals surface area contributed by atoms with E-state index in [0.717, 1.165) is 25.5 Å². The molecule has 4 rings (SSSR count). The van der Waals surface area contributed by atoms with Gasteiger partial charge in [-0.15, -0.1) is 23.7 Å². The van der Waals surface area contributed by atoms with Crippen molar-refractivity contribution in [2.45, 2.75) is 16.7 Å². The molecular formula is C22H24ClFN4O6S3. The molecule has 2 N–H and O–H groups in total. The maximum Gasteiger partial charge on any atom is 0.263 e. The molecule has 1 amide bonds. The van der Waals surface area contributed by atoms with Crippen molar-refractivity contribution in [3.05, 3.63) is 72.3 Å². The number of halogens is 2. The van der Waals surface area contributed by atoms with Crippen molar-refractivity contribution in [1.29, 1.82) is 0 Å². The minimum absolute atomic E-state index is 0. The van der Waals surface area contributed by atoms with Crippen molar-refractivity contribution < 1.29 is 31.2 Å². The summed E-state index contributed by atoms with van der Waals surface area (Å²) in [5.74, 6) is -1.69. The molecule has 1 aliphatic rings. The van der Waals surface area contributed by atoms with Crippen LogP contribution in [-0.4, -0.2) is 73.0 Å². The lowest BCUT2D eigenvalue weighted by Crippen LogP contribution is -2.61. The number of aromatic nitrogens is 1. The van der Waals surface area contributed by atoms with E-state index in [9.17, 15) is 31.2 Å². The second kappa shape index (κ2) is 11.9. The number of benzene rings is 1. The first-order valence-electron chi connectivity index (χ1n) is 10.8. The number of hydroxylamine groups is 1. The normalized spacial score (nSPS) is 17.2. The molecule has 0 radical (unpaired) electrons. The zero-order valence-electron chi connectivity index (χ0n) is 19.2. The summed E-state index contributed by atoms with van der Waals surface area (Å²) >= 11 is 0.943. The highest BCUT2D eigenvalue weighted by molar-refractivity contribution is 7.91. The molecule has 37 heavy (non-hydrogen) atoms. The Labute approximate surface area is 224 Å². The molecule has 200 valence electrons. The number of nitrogens with one attached hydrogen (secondary N) is 1. The highest BCUT2D eigenvalue weighted by Crippen LogP contribution is 2.34. The summed E-state index contributed by atoms with van der Waals surface area (Å²) in [5, 5.41) is 9.23. The molecule has 3 heterocycles. The summed E-state index contributed by atoms with van der Waals surface area (Å²) < 4.78 is 67.9. The standard InChI is InChI=1S/C22H23FN4O6S3.ClH/c23-18-3-1-17(2-4-18)20-5-6-21(34-20)36(32,33)27-13-12-26(15-19(27)22(28)25-29)35(30,31)14-9-16-7-10-24-11-8-16;/h1-8,10-11,19,29H,9,12-15H2,(H,25,28);1H/t19-;/m1./s1. The average molecular weight is 591 g/mol. The number of sulfonamides is 2. The van der Waals surface area contributed by atoms with Gasteiger partial charge < -0.3 is 0 Å². The monoisotopic (exact) mass is 590 g/mol. The average Bonchev–Trinajstić information content (AvgIpc) is 3.39. The molecule has 1 fully saturated rings. The van der Waals surface area contributed by atoms with E-state index in [1.165, 1.54) is 35.8 Å². The van der Waals surface area contributed by atoms with Crippen LogP contribution < -0.4 is 5.48 Å². The zero-order chi connectivity index (χ0) is 25.9. The largest absolute Gasteiger partial charge is 0.289 e. The highest BCUT2D eigenvalue weighted by atomic mass is 35.5. The third kappa shape index (κ3) is 6.52. The predicted molar refractivity (Wildman–Crippen MR) is 138 cm³/mol. The molecular weight excluding hydrogens is 567 g/mol. The van der Waals surface area contributed by atoms with Gasteiger partial charge in [0.15, 0.2) is 0 Å². The quantitative estimate of drug-likeness (QED) is 0.303. The van der Waals surface area contributed by atoms with Gasteiger partial charge in [-0.05, 0) is 53.9 Å². The topological polar surface area (TPSA) is 137 Å². The lowest BCUT2D eigenvalue weighted by Gasteiger charge is -2.38. The number of hydrogen-bond acceptors (Lipinski definition) is 8. The predicted octanol–water partition coefficient (Wildman–Crippen LogP) is 2.12. The Kier molecular flexibility index (Phi) is 9.39. The fraction of sp³-hybridized carbons (Fsp3) is 0.273. The molecule has 1 atom stereocenters. The Bertz CT molecular complexity index is 1440. The first-order valence-corrected chi connectivity index (χ1v) is 14.7. The molecule has 2 aromatic heterocycles. The van der Waals surface area contributed by atoms with Crippen LogP contribution in [0.15, 0.2) is 65.1 Å². The van der Waals surface area contributed by atoms with Crippen LogP contribution in [0.3, 0.4) is 0 Å². The molecule has 1 aliphatic heterocycles. The van der Waals surface area contributed by atoms with Gasteiger partial charge in [-0.2, -0.15) is 8.61 Å². The molecule has 10 nitrogen and oxygen atoms in total. The van der Waals surface area contributed by atoms with Crippen molar-refractivity contribution in [1.82, 2.24) is 19.1 Å². The number of piperazine rings is 1. The van der Waals surface area contributed by atoms with Gasteiger partial charge in [0.2, 0.25) is 10.0 Å². The van der Waals surface area contributed by atoms with Gasteiger partial charge in [0.05, 0.1) is 5.75 Å². The summed E-state index contributed by atoms with van der Waals surface area (Å²) in [4.78, 5) is 16.9. The van der Waals surface area contributed by atoms with Gasteiger partial charge >= 0.3 is 0 Å². The molecule has 3 aromatic rings. The molecule has 15 heteroatoms. The third-order valence-electron chi connectivity index (χ3n) is 5.77. The van der Waals surface area contributed by atoms with E-state index in [0.29, 0.717) is 10.4 Å². The van der Waals surface area contributed by atoms with Crippen LogP contribution in [0, 0.1) is 5.82 Å². The first kappa shape index (κ1) is 29.1. The van der Waals surface area contributed by atoms with E-state index in [1.54, 1.807) is 30.6 Å². The number of rotatable bonds is 8. The van der Waals surface area contributed by atoms with Gasteiger partial charge in [-0.25, -0.2) is 26.7 Å². The Hall–Kier alpha value is -2.46. The van der Waals surface area contributed by atoms with E-state index in [4.69, 9.17) is 0 Å². The molecule has 0 saturated carbocycles. The van der Waals surface area contributed by atoms with Crippen molar-refractivity contribution in [3.8, 4) is 10.4 Å². The van der Waals surface area contributed by atoms with Crippen molar-refractivity contribution >= 4 is 49.7 Å². The number of thiophene rings is 1. The Morgan fingerprint density at radius 3 is 2.38 bits per heavy atom. The highest BCUT2D eigenvalue weighted by Gasteiger charge is 2.43. The third-order valence-corrected chi connectivity index (χ3v) is 11.1. The second-order valence-corrected chi connectivity index (χ2v) is 13.3. The van der Waals surface area contributed by atoms with Crippen LogP contribution in [0.2, 0.25) is 0 Å². The van der Waals surface area contributed by atoms with Crippen LogP contribution >= 0.6 is 23.7 Å². The minimum Gasteiger partial charge on any atom is -0.289 e. The smallest absolute Gasteiger partial charge is 0.263 e. The minimum atomic E-state index is -4.21. The number of nitrogens with zero attached hydrogens (tertiary/aromatic N) is 3. The van der Waals surface area contributed by atoms with Crippen LogP contribution in [-0.2, 0) is 31.3 Å². The SMILES string of the molecule is Cl.O=C(NO)[C@H]1CN(S(=O)(=O)CCc2ccncc2)CCN1S(=O)(=O)c1ccc(-c2ccc(F)cc2)s1. The van der Waals surface area contributed by atoms with Gasteiger partial charge in [-0.3, -0.25) is 15.0 Å². The Morgan fingerprint density at radius 1 is 1.05 bits per heavy atom. The summed E-state index contributed by atoms with van der Waals surface area (Å²) in [6.07, 6.45) is 3.33. The number of aryl methyl sites for hydroxylation is 1. The van der Waals surface area contributed by atoms with E-state index >= 15 is 0 Å². The molecule has 0 unspecified atom stereocenters. The van der Waals surface area contributed by atoms with Crippen LogP contribution in [0.4, 0.5) is 4.39 Å². The molecule has 1 saturated heterocycles. The lowest BCUT2D eigenvalue weighted by atomic mass is 10.2. The number of carbonyl (C=O) groups excluding carboxylic acids is 1. The van der Waals surface area contributed by atoms with Crippen molar-refractivity contribution in [2.24, 2.45) is 0 Å². The Balaban J connectivity index is 0.00000380. The van der Waals surface area contributed by atoms with E-state index in [1.807, 2.05) is 0 Å². The van der Waals surface area contributed by atoms with Crippen LogP contribution in [0.5, 0.6) is 0 Å². The van der Waals surface area contributed by atoms with Gasteiger partial charge in [-0.1, -0.05) is 12.1 Å². The maximum absolute atomic E-state index is 13.4. The van der Waals surface area contributed by atoms with Crippen molar-refractivity contribution in [3.63, 3.8) is 0 Å². The van der Waals surface area contributed by atoms with Crippen LogP contribution in [0.1, 0.15) is 5.56 Å². The number of pyridine rings is 1. The summed E-state index contributed by atoms with van der Waals surface area (Å²) in [7, 11) is -8.03. The van der Waals surface area contributed by atoms with E-state index in [2.05, 4.69) is 4.98 Å². The molecule has 0 aliphatic carbocycles. The number of carbonyl (C=O) groups is 1. The summed E-state index contributed by atoms with van der Waals surface area (Å²) in [5.41, 5.74) is 2.84. The molecule has 0 bridgehead atoms. The van der Waals surface area contributed by atoms with Gasteiger partial charge in [0, 0.05) is 36.9 Å². The lowest BCUT2D eigenvalue weighted by molar-refractivity contribution is -0.134. The van der Waals surface area contributed by atoms with Gasteiger partial charge in [0.25, 0.3) is 15.9 Å².